The van der Waals surface area contributed by atoms with Crippen molar-refractivity contribution in [3.05, 3.63) is 68.7 Å². The first-order chi connectivity index (χ1) is 11.3. The van der Waals surface area contributed by atoms with Crippen LogP contribution in [0.1, 0.15) is 48.7 Å². The van der Waals surface area contributed by atoms with Crippen LogP contribution in [-0.2, 0) is 10.3 Å². The summed E-state index contributed by atoms with van der Waals surface area (Å²) in [5, 5.41) is 0.460. The summed E-state index contributed by atoms with van der Waals surface area (Å²) in [6, 6.07) is 13.0. The Labute approximate surface area is 156 Å². The van der Waals surface area contributed by atoms with E-state index in [4.69, 9.17) is 16.3 Å². The maximum atomic E-state index is 12.7. The second-order valence-corrected chi connectivity index (χ2v) is 8.17. The van der Waals surface area contributed by atoms with E-state index in [1.165, 1.54) is 0 Å². The summed E-state index contributed by atoms with van der Waals surface area (Å²) in [7, 11) is 0. The third kappa shape index (κ3) is 2.94. The van der Waals surface area contributed by atoms with Gasteiger partial charge in [-0.1, -0.05) is 65.6 Å². The van der Waals surface area contributed by atoms with E-state index in [9.17, 15) is 4.79 Å². The third-order valence-electron chi connectivity index (χ3n) is 4.84. The van der Waals surface area contributed by atoms with Crippen molar-refractivity contribution in [2.45, 2.75) is 32.8 Å². The van der Waals surface area contributed by atoms with Crippen LogP contribution < -0.4 is 0 Å². The fourth-order valence-corrected chi connectivity index (χ4v) is 3.93. The van der Waals surface area contributed by atoms with Crippen LogP contribution in [0.3, 0.4) is 0 Å². The maximum Gasteiger partial charge on any atom is 0.194 e. The van der Waals surface area contributed by atoms with Gasteiger partial charge >= 0.3 is 0 Å². The normalized spacial score (nSPS) is 21.5. The molecule has 3 rings (SSSR count). The zero-order valence-electron chi connectivity index (χ0n) is 14.0. The molecule has 0 heterocycles. The standard InChI is InChI=1S/C20H20BrClO2/c1-4-24-20(12-19(20,2)3)14-7-5-13(6-8-14)18(23)16-11-15(21)9-10-17(16)22/h5-11H,4,12H2,1-3H3. The van der Waals surface area contributed by atoms with Crippen molar-refractivity contribution in [1.82, 2.24) is 0 Å². The van der Waals surface area contributed by atoms with Crippen LogP contribution in [0.2, 0.25) is 5.02 Å². The molecular formula is C20H20BrClO2. The molecule has 1 unspecified atom stereocenters. The number of hydrogen-bond donors (Lipinski definition) is 0. The van der Waals surface area contributed by atoms with E-state index in [2.05, 4.69) is 29.8 Å². The lowest BCUT2D eigenvalue weighted by atomic mass is 9.96. The van der Waals surface area contributed by atoms with Gasteiger partial charge in [-0.05, 0) is 37.1 Å². The van der Waals surface area contributed by atoms with E-state index in [-0.39, 0.29) is 16.8 Å². The Kier molecular flexibility index (Phi) is 4.63. The van der Waals surface area contributed by atoms with Crippen LogP contribution in [0.15, 0.2) is 46.9 Å². The van der Waals surface area contributed by atoms with Crippen molar-refractivity contribution in [1.29, 1.82) is 0 Å². The smallest absolute Gasteiger partial charge is 0.194 e. The first-order valence-corrected chi connectivity index (χ1v) is 9.22. The van der Waals surface area contributed by atoms with Gasteiger partial charge in [0.2, 0.25) is 0 Å². The number of ketones is 1. The molecular weight excluding hydrogens is 388 g/mol. The Balaban J connectivity index is 1.90. The van der Waals surface area contributed by atoms with Gasteiger partial charge in [0.15, 0.2) is 5.78 Å². The molecule has 1 aliphatic rings. The van der Waals surface area contributed by atoms with Gasteiger partial charge < -0.3 is 4.74 Å². The Bertz CT molecular complexity index is 783. The van der Waals surface area contributed by atoms with Crippen LogP contribution in [0, 0.1) is 5.41 Å². The number of carbonyl (C=O) groups excluding carboxylic acids is 1. The summed E-state index contributed by atoms with van der Waals surface area (Å²) >= 11 is 9.56. The van der Waals surface area contributed by atoms with Crippen LogP contribution in [0.4, 0.5) is 0 Å². The average Bonchev–Trinajstić information content (AvgIpc) is 3.12. The summed E-state index contributed by atoms with van der Waals surface area (Å²) in [5.74, 6) is -0.0756. The zero-order valence-corrected chi connectivity index (χ0v) is 16.4. The van der Waals surface area contributed by atoms with Crippen molar-refractivity contribution in [3.63, 3.8) is 0 Å². The molecule has 2 aromatic carbocycles. The zero-order chi connectivity index (χ0) is 17.5. The number of hydrogen-bond acceptors (Lipinski definition) is 2. The molecule has 1 fully saturated rings. The predicted octanol–water partition coefficient (Wildman–Crippen LogP) is 6.00. The van der Waals surface area contributed by atoms with Gasteiger partial charge in [0.25, 0.3) is 0 Å². The van der Waals surface area contributed by atoms with Crippen LogP contribution in [0.25, 0.3) is 0 Å². The van der Waals surface area contributed by atoms with Gasteiger partial charge in [-0.2, -0.15) is 0 Å². The average molecular weight is 408 g/mol. The molecule has 2 aromatic rings. The number of halogens is 2. The molecule has 24 heavy (non-hydrogen) atoms. The summed E-state index contributed by atoms with van der Waals surface area (Å²) in [4.78, 5) is 12.7. The summed E-state index contributed by atoms with van der Waals surface area (Å²) in [5.41, 5.74) is 2.17. The van der Waals surface area contributed by atoms with Crippen molar-refractivity contribution in [3.8, 4) is 0 Å². The Hall–Kier alpha value is -1.16. The summed E-state index contributed by atoms with van der Waals surface area (Å²) in [6.07, 6.45) is 0.999. The lowest BCUT2D eigenvalue weighted by Gasteiger charge is -2.21. The maximum absolute atomic E-state index is 12.7. The van der Waals surface area contributed by atoms with Crippen LogP contribution >= 0.6 is 27.5 Å². The summed E-state index contributed by atoms with van der Waals surface area (Å²) in [6.45, 7) is 7.12. The molecule has 0 aromatic heterocycles. The molecule has 1 atom stereocenters. The molecule has 1 aliphatic carbocycles. The summed E-state index contributed by atoms with van der Waals surface area (Å²) < 4.78 is 6.88. The van der Waals surface area contributed by atoms with Crippen molar-refractivity contribution < 1.29 is 9.53 Å². The monoisotopic (exact) mass is 406 g/mol. The molecule has 0 radical (unpaired) electrons. The molecule has 0 spiro atoms. The van der Waals surface area contributed by atoms with E-state index in [0.29, 0.717) is 22.8 Å². The first-order valence-electron chi connectivity index (χ1n) is 8.05. The quantitative estimate of drug-likeness (QED) is 0.569. The van der Waals surface area contributed by atoms with Crippen molar-refractivity contribution in [2.24, 2.45) is 5.41 Å². The number of rotatable bonds is 5. The van der Waals surface area contributed by atoms with E-state index in [0.717, 1.165) is 16.5 Å². The number of ether oxygens (including phenoxy) is 1. The highest BCUT2D eigenvalue weighted by Crippen LogP contribution is 2.64. The lowest BCUT2D eigenvalue weighted by molar-refractivity contribution is 0.0113. The Morgan fingerprint density at radius 1 is 1.21 bits per heavy atom. The van der Waals surface area contributed by atoms with Gasteiger partial charge in [-0.25, -0.2) is 0 Å². The van der Waals surface area contributed by atoms with E-state index < -0.39 is 0 Å². The Morgan fingerprint density at radius 2 is 1.83 bits per heavy atom. The minimum Gasteiger partial charge on any atom is -0.370 e. The molecule has 2 nitrogen and oxygen atoms in total. The molecule has 126 valence electrons. The molecule has 4 heteroatoms. The predicted molar refractivity (Wildman–Crippen MR) is 101 cm³/mol. The molecule has 0 bridgehead atoms. The largest absolute Gasteiger partial charge is 0.370 e. The van der Waals surface area contributed by atoms with Crippen molar-refractivity contribution >= 4 is 33.3 Å². The van der Waals surface area contributed by atoms with Gasteiger partial charge in [-0.3, -0.25) is 4.79 Å². The topological polar surface area (TPSA) is 26.3 Å². The van der Waals surface area contributed by atoms with Crippen LogP contribution in [-0.4, -0.2) is 12.4 Å². The lowest BCUT2D eigenvalue weighted by Crippen LogP contribution is -2.19. The minimum atomic E-state index is -0.225. The second kappa shape index (κ2) is 6.29. The van der Waals surface area contributed by atoms with Gasteiger partial charge in [0, 0.05) is 27.6 Å². The number of benzene rings is 2. The highest BCUT2D eigenvalue weighted by atomic mass is 79.9. The molecule has 0 saturated heterocycles. The van der Waals surface area contributed by atoms with Gasteiger partial charge in [-0.15, -0.1) is 0 Å². The fraction of sp³-hybridized carbons (Fsp3) is 0.350. The highest BCUT2D eigenvalue weighted by Gasteiger charge is 2.63. The van der Waals surface area contributed by atoms with Gasteiger partial charge in [0.1, 0.15) is 0 Å². The first kappa shape index (κ1) is 17.7. The molecule has 0 amide bonds. The minimum absolute atomic E-state index is 0.0756. The van der Waals surface area contributed by atoms with E-state index in [1.54, 1.807) is 12.1 Å². The fourth-order valence-electron chi connectivity index (χ4n) is 3.36. The number of carbonyl (C=O) groups is 1. The second-order valence-electron chi connectivity index (χ2n) is 6.85. The SMILES string of the molecule is CCOC1(c2ccc(C(=O)c3cc(Br)ccc3Cl)cc2)CC1(C)C. The van der Waals surface area contributed by atoms with Crippen molar-refractivity contribution in [2.75, 3.05) is 6.61 Å². The third-order valence-corrected chi connectivity index (χ3v) is 5.66. The molecule has 0 aliphatic heterocycles. The van der Waals surface area contributed by atoms with Gasteiger partial charge in [0.05, 0.1) is 10.6 Å². The van der Waals surface area contributed by atoms with Crippen LogP contribution in [0.5, 0.6) is 0 Å². The van der Waals surface area contributed by atoms with E-state index >= 15 is 0 Å². The van der Waals surface area contributed by atoms with E-state index in [1.807, 2.05) is 37.3 Å². The Morgan fingerprint density at radius 3 is 2.38 bits per heavy atom. The molecule has 1 saturated carbocycles. The molecule has 0 N–H and O–H groups in total. The highest BCUT2D eigenvalue weighted by molar-refractivity contribution is 9.10.